The number of fused-ring (bicyclic) bond motifs is 3. The first-order chi connectivity index (χ1) is 18.0. The van der Waals surface area contributed by atoms with Crippen LogP contribution in [-0.4, -0.2) is 11.3 Å². The summed E-state index contributed by atoms with van der Waals surface area (Å²) in [5, 5.41) is 7.98. The Hall–Kier alpha value is -4.39. The molecule has 6 aromatic rings. The van der Waals surface area contributed by atoms with Gasteiger partial charge in [0.25, 0.3) is 0 Å². The fourth-order valence-corrected chi connectivity index (χ4v) is 5.60. The molecule has 6 heteroatoms. The van der Waals surface area contributed by atoms with E-state index in [4.69, 9.17) is 18.0 Å². The molecule has 0 aliphatic carbocycles. The summed E-state index contributed by atoms with van der Waals surface area (Å²) >= 11 is 6.40. The smallest absolute Gasteiger partial charge is 0.195 e. The molecule has 3 N–H and O–H groups in total. The topological polar surface area (TPSA) is 67.5 Å². The summed E-state index contributed by atoms with van der Waals surface area (Å²) in [5.41, 5.74) is 13.1. The van der Waals surface area contributed by atoms with Crippen LogP contribution < -0.4 is 16.6 Å². The van der Waals surface area contributed by atoms with Crippen LogP contribution in [0.4, 0.5) is 0 Å². The van der Waals surface area contributed by atoms with Crippen molar-refractivity contribution in [2.75, 3.05) is 0 Å². The van der Waals surface area contributed by atoms with Crippen LogP contribution in [0, 0.1) is 0 Å². The third kappa shape index (κ3) is 4.60. The molecule has 1 heterocycles. The maximum Gasteiger partial charge on any atom is 0.195 e. The first-order valence-electron chi connectivity index (χ1n) is 11.7. The van der Waals surface area contributed by atoms with Gasteiger partial charge in [-0.2, -0.15) is 5.10 Å². The maximum atomic E-state index is 13.7. The van der Waals surface area contributed by atoms with Crippen LogP contribution in [0.3, 0.4) is 0 Å². The maximum absolute atomic E-state index is 13.7. The minimum atomic E-state index is 0.0563. The molecule has 0 aliphatic rings. The number of hydrogen-bond acceptors (Lipinski definition) is 4. The Morgan fingerprint density at radius 2 is 1.30 bits per heavy atom. The van der Waals surface area contributed by atoms with Crippen LogP contribution in [0.5, 0.6) is 0 Å². The lowest BCUT2D eigenvalue weighted by molar-refractivity contribution is 1.04. The molecule has 0 spiro atoms. The highest BCUT2D eigenvalue weighted by molar-refractivity contribution is 7.80. The largest absolute Gasteiger partial charge is 0.375 e. The Morgan fingerprint density at radius 1 is 0.730 bits per heavy atom. The highest BCUT2D eigenvalue weighted by atomic mass is 32.1. The molecule has 37 heavy (non-hydrogen) atoms. The lowest BCUT2D eigenvalue weighted by Crippen LogP contribution is -2.23. The fourth-order valence-electron chi connectivity index (χ4n) is 4.52. The predicted molar refractivity (Wildman–Crippen MR) is 161 cm³/mol. The van der Waals surface area contributed by atoms with Crippen molar-refractivity contribution in [3.05, 3.63) is 119 Å². The van der Waals surface area contributed by atoms with Gasteiger partial charge in [-0.15, -0.1) is 11.3 Å². The standard InChI is InChI=1S/C31H21N3OS2/c32-31(36)34-33-18-19-5-7-21(8-6-19)24-11-13-28-26(16-24)30(35)27-17-25(12-14-29(27)37-28)23-10-9-20-3-1-2-4-22(20)15-23/h1-18H,(H3,32,34,36)/b33-18+. The van der Waals surface area contributed by atoms with Crippen molar-refractivity contribution < 1.29 is 0 Å². The van der Waals surface area contributed by atoms with Crippen LogP contribution in [0.25, 0.3) is 53.2 Å². The van der Waals surface area contributed by atoms with Crippen molar-refractivity contribution in [3.63, 3.8) is 0 Å². The van der Waals surface area contributed by atoms with Gasteiger partial charge in [0.05, 0.1) is 6.21 Å². The van der Waals surface area contributed by atoms with E-state index in [1.165, 1.54) is 10.8 Å². The number of thiocarbonyl (C=S) groups is 1. The number of nitrogens with one attached hydrogen (secondary N) is 1. The molecule has 0 saturated carbocycles. The average molecular weight is 516 g/mol. The highest BCUT2D eigenvalue weighted by Gasteiger charge is 2.10. The van der Waals surface area contributed by atoms with Gasteiger partial charge in [0.15, 0.2) is 10.5 Å². The Bertz CT molecular complexity index is 1910. The van der Waals surface area contributed by atoms with E-state index < -0.39 is 0 Å². The van der Waals surface area contributed by atoms with Gasteiger partial charge in [-0.25, -0.2) is 0 Å². The van der Waals surface area contributed by atoms with Crippen molar-refractivity contribution in [2.24, 2.45) is 10.8 Å². The molecule has 0 atom stereocenters. The minimum absolute atomic E-state index is 0.0563. The zero-order valence-electron chi connectivity index (χ0n) is 19.6. The van der Waals surface area contributed by atoms with Gasteiger partial charge < -0.3 is 5.73 Å². The first kappa shape index (κ1) is 23.0. The van der Waals surface area contributed by atoms with Crippen molar-refractivity contribution in [1.82, 2.24) is 5.43 Å². The fraction of sp³-hybridized carbons (Fsp3) is 0. The molecule has 0 saturated heterocycles. The van der Waals surface area contributed by atoms with Gasteiger partial charge in [-0.3, -0.25) is 10.2 Å². The molecule has 0 amide bonds. The van der Waals surface area contributed by atoms with E-state index in [1.807, 2.05) is 54.6 Å². The molecule has 5 aromatic carbocycles. The SMILES string of the molecule is NC(=S)N/N=C/c1ccc(-c2ccc3sc4ccc(-c5ccc6ccccc6c5)cc4c(=O)c3c2)cc1. The van der Waals surface area contributed by atoms with Gasteiger partial charge >= 0.3 is 0 Å². The second-order valence-corrected chi connectivity index (χ2v) is 10.3. The Morgan fingerprint density at radius 3 is 1.97 bits per heavy atom. The minimum Gasteiger partial charge on any atom is -0.375 e. The van der Waals surface area contributed by atoms with E-state index in [-0.39, 0.29) is 10.5 Å². The van der Waals surface area contributed by atoms with Crippen molar-refractivity contribution in [1.29, 1.82) is 0 Å². The van der Waals surface area contributed by atoms with Gasteiger partial charge in [-0.1, -0.05) is 72.8 Å². The molecule has 0 fully saturated rings. The molecule has 0 radical (unpaired) electrons. The quantitative estimate of drug-likeness (QED) is 0.114. The molecule has 0 bridgehead atoms. The van der Waals surface area contributed by atoms with Crippen LogP contribution >= 0.6 is 23.6 Å². The summed E-state index contributed by atoms with van der Waals surface area (Å²) in [6.45, 7) is 0. The number of hydrogen-bond donors (Lipinski definition) is 2. The van der Waals surface area contributed by atoms with Crippen LogP contribution in [0.15, 0.2) is 113 Å². The van der Waals surface area contributed by atoms with Gasteiger partial charge in [-0.05, 0) is 81.1 Å². The molecule has 4 nitrogen and oxygen atoms in total. The molecular weight excluding hydrogens is 494 g/mol. The molecule has 6 rings (SSSR count). The van der Waals surface area contributed by atoms with Crippen molar-refractivity contribution in [3.8, 4) is 22.3 Å². The van der Waals surface area contributed by atoms with Gasteiger partial charge in [0.2, 0.25) is 0 Å². The summed E-state index contributed by atoms with van der Waals surface area (Å²) in [5.74, 6) is 0. The third-order valence-electron chi connectivity index (χ3n) is 6.38. The Balaban J connectivity index is 1.39. The number of hydrazone groups is 1. The van der Waals surface area contributed by atoms with E-state index in [0.29, 0.717) is 0 Å². The summed E-state index contributed by atoms with van der Waals surface area (Å²) < 4.78 is 1.97. The lowest BCUT2D eigenvalue weighted by Gasteiger charge is -2.08. The number of nitrogens with two attached hydrogens (primary N) is 1. The molecule has 1 aromatic heterocycles. The summed E-state index contributed by atoms with van der Waals surface area (Å²) in [6, 6.07) is 35.0. The highest BCUT2D eigenvalue weighted by Crippen LogP contribution is 2.32. The first-order valence-corrected chi connectivity index (χ1v) is 13.0. The normalized spacial score (nSPS) is 11.5. The summed E-state index contributed by atoms with van der Waals surface area (Å²) in [4.78, 5) is 13.7. The zero-order valence-corrected chi connectivity index (χ0v) is 21.3. The second kappa shape index (κ2) is 9.58. The Labute approximate surface area is 222 Å². The average Bonchev–Trinajstić information content (AvgIpc) is 2.93. The van der Waals surface area contributed by atoms with E-state index in [1.54, 1.807) is 17.6 Å². The van der Waals surface area contributed by atoms with Crippen LogP contribution in [-0.2, 0) is 0 Å². The van der Waals surface area contributed by atoms with Crippen molar-refractivity contribution in [2.45, 2.75) is 0 Å². The molecule has 0 aliphatic heterocycles. The van der Waals surface area contributed by atoms with E-state index >= 15 is 0 Å². The van der Waals surface area contributed by atoms with E-state index in [2.05, 4.69) is 59.1 Å². The lowest BCUT2D eigenvalue weighted by atomic mass is 9.99. The molecule has 178 valence electrons. The predicted octanol–water partition coefficient (Wildman–Crippen LogP) is 7.07. The third-order valence-corrected chi connectivity index (χ3v) is 7.63. The monoisotopic (exact) mass is 515 g/mol. The number of rotatable bonds is 4. The van der Waals surface area contributed by atoms with Crippen molar-refractivity contribution >= 4 is 65.8 Å². The van der Waals surface area contributed by atoms with E-state index in [9.17, 15) is 4.79 Å². The summed E-state index contributed by atoms with van der Waals surface area (Å²) in [6.07, 6.45) is 1.65. The number of benzene rings is 5. The second-order valence-electron chi connectivity index (χ2n) is 8.77. The van der Waals surface area contributed by atoms with Gasteiger partial charge in [0, 0.05) is 20.2 Å². The summed E-state index contributed by atoms with van der Waals surface area (Å²) in [7, 11) is 0. The Kier molecular flexibility index (Phi) is 5.96. The molecule has 0 unspecified atom stereocenters. The molecular formula is C31H21N3OS2. The van der Waals surface area contributed by atoms with Gasteiger partial charge in [0.1, 0.15) is 0 Å². The van der Waals surface area contributed by atoms with Crippen LogP contribution in [0.2, 0.25) is 0 Å². The van der Waals surface area contributed by atoms with Crippen LogP contribution in [0.1, 0.15) is 5.56 Å². The number of nitrogens with zero attached hydrogens (tertiary/aromatic N) is 1. The van der Waals surface area contributed by atoms with E-state index in [0.717, 1.165) is 48.0 Å². The zero-order chi connectivity index (χ0) is 25.4.